The van der Waals surface area contributed by atoms with Gasteiger partial charge in [0.25, 0.3) is 0 Å². The Balaban J connectivity index is 0.00000289. The summed E-state index contributed by atoms with van der Waals surface area (Å²) in [4.78, 5) is 12.3. The van der Waals surface area contributed by atoms with E-state index in [9.17, 15) is 4.79 Å². The molecule has 1 heterocycles. The topological polar surface area (TPSA) is 64.4 Å². The number of nitrogens with one attached hydrogen (secondary N) is 1. The average molecular weight is 279 g/mol. The molecule has 0 aromatic carbocycles. The number of rotatable bonds is 6. The lowest BCUT2D eigenvalue weighted by atomic mass is 9.81. The van der Waals surface area contributed by atoms with Crippen LogP contribution in [0.15, 0.2) is 0 Å². The van der Waals surface area contributed by atoms with Crippen LogP contribution in [0.3, 0.4) is 0 Å². The Bertz CT molecular complexity index is 243. The highest BCUT2D eigenvalue weighted by atomic mass is 35.5. The van der Waals surface area contributed by atoms with Gasteiger partial charge in [-0.05, 0) is 32.6 Å². The third-order valence-electron chi connectivity index (χ3n) is 4.11. The van der Waals surface area contributed by atoms with Gasteiger partial charge in [0.1, 0.15) is 0 Å². The Morgan fingerprint density at radius 2 is 2.11 bits per heavy atom. The van der Waals surface area contributed by atoms with E-state index in [2.05, 4.69) is 5.32 Å². The Morgan fingerprint density at radius 1 is 1.50 bits per heavy atom. The van der Waals surface area contributed by atoms with Crippen LogP contribution in [0.25, 0.3) is 0 Å². The number of nitrogens with two attached hydrogens (primary N) is 1. The van der Waals surface area contributed by atoms with Crippen LogP contribution < -0.4 is 11.1 Å². The molecular formula is C13H27ClN2O2. The summed E-state index contributed by atoms with van der Waals surface area (Å²) in [5, 5.41) is 3.07. The molecule has 4 nitrogen and oxygen atoms in total. The van der Waals surface area contributed by atoms with Gasteiger partial charge in [0.05, 0.1) is 17.6 Å². The molecule has 1 saturated heterocycles. The Hall–Kier alpha value is -0.320. The summed E-state index contributed by atoms with van der Waals surface area (Å²) in [5.41, 5.74) is 5.36. The zero-order valence-corrected chi connectivity index (χ0v) is 12.5. The zero-order chi connectivity index (χ0) is 12.9. The van der Waals surface area contributed by atoms with Gasteiger partial charge in [0.15, 0.2) is 0 Å². The van der Waals surface area contributed by atoms with Gasteiger partial charge >= 0.3 is 0 Å². The minimum atomic E-state index is -0.410. The van der Waals surface area contributed by atoms with E-state index in [0.29, 0.717) is 6.54 Å². The monoisotopic (exact) mass is 278 g/mol. The fourth-order valence-electron chi connectivity index (χ4n) is 2.40. The largest absolute Gasteiger partial charge is 0.376 e. The van der Waals surface area contributed by atoms with Crippen molar-refractivity contribution in [2.24, 2.45) is 11.1 Å². The van der Waals surface area contributed by atoms with Crippen LogP contribution in [-0.2, 0) is 9.53 Å². The molecule has 0 spiro atoms. The van der Waals surface area contributed by atoms with Gasteiger partial charge in [0.2, 0.25) is 5.91 Å². The molecule has 0 aromatic heterocycles. The van der Waals surface area contributed by atoms with Crippen LogP contribution in [0.2, 0.25) is 0 Å². The first-order valence-electron chi connectivity index (χ1n) is 6.72. The first kappa shape index (κ1) is 17.7. The summed E-state index contributed by atoms with van der Waals surface area (Å²) in [7, 11) is 0. The summed E-state index contributed by atoms with van der Waals surface area (Å²) < 4.78 is 5.58. The number of ether oxygens (including phenoxy) is 1. The maximum atomic E-state index is 12.3. The second kappa shape index (κ2) is 7.97. The van der Waals surface area contributed by atoms with E-state index in [1.54, 1.807) is 0 Å². The molecule has 0 bridgehead atoms. The summed E-state index contributed by atoms with van der Waals surface area (Å²) in [6.07, 6.45) is 3.86. The normalized spacial score (nSPS) is 21.2. The Morgan fingerprint density at radius 3 is 2.50 bits per heavy atom. The first-order chi connectivity index (χ1) is 8.09. The number of carbonyl (C=O) groups is 1. The van der Waals surface area contributed by atoms with Crippen LogP contribution in [0.4, 0.5) is 0 Å². The lowest BCUT2D eigenvalue weighted by Gasteiger charge is -2.31. The summed E-state index contributed by atoms with van der Waals surface area (Å²) >= 11 is 0. The third kappa shape index (κ3) is 3.84. The number of hydrogen-bond donors (Lipinski definition) is 2. The third-order valence-corrected chi connectivity index (χ3v) is 4.11. The molecule has 0 aromatic rings. The van der Waals surface area contributed by atoms with Gasteiger partial charge in [-0.3, -0.25) is 4.79 Å². The van der Waals surface area contributed by atoms with E-state index in [-0.39, 0.29) is 30.5 Å². The van der Waals surface area contributed by atoms with Crippen molar-refractivity contribution < 1.29 is 9.53 Å². The van der Waals surface area contributed by atoms with Crippen LogP contribution in [0.5, 0.6) is 0 Å². The van der Waals surface area contributed by atoms with Crippen molar-refractivity contribution in [3.63, 3.8) is 0 Å². The number of halogens is 1. The van der Waals surface area contributed by atoms with E-state index in [0.717, 1.165) is 32.3 Å². The van der Waals surface area contributed by atoms with Crippen molar-refractivity contribution in [1.29, 1.82) is 0 Å². The van der Waals surface area contributed by atoms with Crippen LogP contribution in [0.1, 0.15) is 46.5 Å². The van der Waals surface area contributed by atoms with E-state index in [4.69, 9.17) is 10.5 Å². The van der Waals surface area contributed by atoms with Crippen molar-refractivity contribution in [2.45, 2.75) is 58.6 Å². The van der Waals surface area contributed by atoms with Crippen molar-refractivity contribution in [1.82, 2.24) is 5.32 Å². The lowest BCUT2D eigenvalue weighted by molar-refractivity contribution is -0.132. The minimum absolute atomic E-state index is 0. The van der Waals surface area contributed by atoms with Gasteiger partial charge in [-0.1, -0.05) is 13.8 Å². The molecular weight excluding hydrogens is 252 g/mol. The fraction of sp³-hybridized carbons (Fsp3) is 0.923. The zero-order valence-electron chi connectivity index (χ0n) is 11.7. The molecule has 5 heteroatoms. The second-order valence-corrected chi connectivity index (χ2v) is 5.01. The molecule has 2 atom stereocenters. The number of amides is 1. The SMILES string of the molecule is CCC(CC)(CN)C(=O)NC(C)C1CCCO1.Cl. The molecule has 1 rings (SSSR count). The quantitative estimate of drug-likeness (QED) is 0.779. The van der Waals surface area contributed by atoms with Gasteiger partial charge in [-0.15, -0.1) is 12.4 Å². The van der Waals surface area contributed by atoms with Gasteiger partial charge in [0, 0.05) is 13.2 Å². The molecule has 0 saturated carbocycles. The van der Waals surface area contributed by atoms with E-state index in [1.807, 2.05) is 20.8 Å². The van der Waals surface area contributed by atoms with Crippen LogP contribution in [-0.4, -0.2) is 31.2 Å². The Labute approximate surface area is 116 Å². The van der Waals surface area contributed by atoms with Gasteiger partial charge in [-0.2, -0.15) is 0 Å². The summed E-state index contributed by atoms with van der Waals surface area (Å²) in [5.74, 6) is 0.0769. The van der Waals surface area contributed by atoms with Crippen molar-refractivity contribution in [3.05, 3.63) is 0 Å². The van der Waals surface area contributed by atoms with Crippen molar-refractivity contribution in [2.75, 3.05) is 13.2 Å². The highest BCUT2D eigenvalue weighted by molar-refractivity contribution is 5.85. The number of carbonyl (C=O) groups excluding carboxylic acids is 1. The number of hydrogen-bond acceptors (Lipinski definition) is 3. The van der Waals surface area contributed by atoms with Crippen molar-refractivity contribution >= 4 is 18.3 Å². The van der Waals surface area contributed by atoms with Gasteiger partial charge < -0.3 is 15.8 Å². The lowest BCUT2D eigenvalue weighted by Crippen LogP contribution is -2.50. The van der Waals surface area contributed by atoms with E-state index < -0.39 is 5.41 Å². The van der Waals surface area contributed by atoms with Crippen LogP contribution in [0, 0.1) is 5.41 Å². The van der Waals surface area contributed by atoms with Gasteiger partial charge in [-0.25, -0.2) is 0 Å². The molecule has 3 N–H and O–H groups in total. The molecule has 0 radical (unpaired) electrons. The highest BCUT2D eigenvalue weighted by Gasteiger charge is 2.35. The maximum absolute atomic E-state index is 12.3. The molecule has 1 amide bonds. The molecule has 1 fully saturated rings. The Kier molecular flexibility index (Phi) is 7.83. The van der Waals surface area contributed by atoms with Crippen LogP contribution >= 0.6 is 12.4 Å². The fourth-order valence-corrected chi connectivity index (χ4v) is 2.40. The smallest absolute Gasteiger partial charge is 0.227 e. The standard InChI is InChI=1S/C13H26N2O2.ClH/c1-4-13(5-2,9-14)12(16)15-10(3)11-7-6-8-17-11;/h10-11H,4-9,14H2,1-3H3,(H,15,16);1H. The van der Waals surface area contributed by atoms with Crippen molar-refractivity contribution in [3.8, 4) is 0 Å². The highest BCUT2D eigenvalue weighted by Crippen LogP contribution is 2.26. The first-order valence-corrected chi connectivity index (χ1v) is 6.72. The predicted octanol–water partition coefficient (Wildman–Crippen LogP) is 1.86. The molecule has 1 aliphatic rings. The molecule has 1 aliphatic heterocycles. The molecule has 2 unspecified atom stereocenters. The van der Waals surface area contributed by atoms with E-state index in [1.165, 1.54) is 0 Å². The summed E-state index contributed by atoms with van der Waals surface area (Å²) in [6.45, 7) is 7.28. The molecule has 108 valence electrons. The minimum Gasteiger partial charge on any atom is -0.376 e. The van der Waals surface area contributed by atoms with E-state index >= 15 is 0 Å². The second-order valence-electron chi connectivity index (χ2n) is 5.01. The predicted molar refractivity (Wildman–Crippen MR) is 75.9 cm³/mol. The maximum Gasteiger partial charge on any atom is 0.227 e. The summed E-state index contributed by atoms with van der Waals surface area (Å²) in [6, 6.07) is 0.0778. The molecule has 18 heavy (non-hydrogen) atoms. The average Bonchev–Trinajstić information content (AvgIpc) is 2.85. The molecule has 0 aliphatic carbocycles.